The minimum atomic E-state index is 0.493. The van der Waals surface area contributed by atoms with E-state index < -0.39 is 0 Å². The molecule has 0 N–H and O–H groups in total. The summed E-state index contributed by atoms with van der Waals surface area (Å²) in [7, 11) is 0. The van der Waals surface area contributed by atoms with Crippen molar-refractivity contribution in [2.75, 3.05) is 13.1 Å². The molecule has 1 aliphatic heterocycles. The van der Waals surface area contributed by atoms with E-state index in [1.807, 2.05) is 0 Å². The minimum Gasteiger partial charge on any atom is -0.298 e. The average Bonchev–Trinajstić information content (AvgIpc) is 2.68. The lowest BCUT2D eigenvalue weighted by Gasteiger charge is -2.43. The average molecular weight is 209 g/mol. The second-order valence-corrected chi connectivity index (χ2v) is 6.86. The monoisotopic (exact) mass is 209 g/mol. The molecule has 0 unspecified atom stereocenters. The van der Waals surface area contributed by atoms with Crippen molar-refractivity contribution < 1.29 is 0 Å². The van der Waals surface area contributed by atoms with Crippen molar-refractivity contribution >= 4 is 0 Å². The second kappa shape index (κ2) is 4.08. The first kappa shape index (κ1) is 11.4. The molecule has 0 aromatic heterocycles. The lowest BCUT2D eigenvalue weighted by molar-refractivity contribution is 0.0738. The highest BCUT2D eigenvalue weighted by Gasteiger charge is 2.42. The summed E-state index contributed by atoms with van der Waals surface area (Å²) >= 11 is 0. The lowest BCUT2D eigenvalue weighted by atomic mass is 9.77. The van der Waals surface area contributed by atoms with Crippen molar-refractivity contribution in [3.05, 3.63) is 0 Å². The van der Waals surface area contributed by atoms with Crippen LogP contribution in [0.4, 0.5) is 0 Å². The van der Waals surface area contributed by atoms with Crippen LogP contribution >= 0.6 is 0 Å². The van der Waals surface area contributed by atoms with Gasteiger partial charge >= 0.3 is 0 Å². The molecule has 1 heteroatoms. The van der Waals surface area contributed by atoms with Crippen LogP contribution in [-0.2, 0) is 0 Å². The van der Waals surface area contributed by atoms with E-state index in [2.05, 4.69) is 25.7 Å². The van der Waals surface area contributed by atoms with Gasteiger partial charge in [-0.25, -0.2) is 0 Å². The van der Waals surface area contributed by atoms with Gasteiger partial charge in [-0.3, -0.25) is 4.90 Å². The Labute approximate surface area is 95.2 Å². The van der Waals surface area contributed by atoms with Gasteiger partial charge in [0.15, 0.2) is 0 Å². The summed E-state index contributed by atoms with van der Waals surface area (Å²) in [5.74, 6) is 0. The van der Waals surface area contributed by atoms with Crippen molar-refractivity contribution in [3.63, 3.8) is 0 Å². The maximum absolute atomic E-state index is 2.82. The van der Waals surface area contributed by atoms with Crippen LogP contribution < -0.4 is 0 Å². The smallest absolute Gasteiger partial charge is 0.0214 e. The summed E-state index contributed by atoms with van der Waals surface area (Å²) in [5, 5.41) is 0. The maximum atomic E-state index is 2.82. The largest absolute Gasteiger partial charge is 0.298 e. The summed E-state index contributed by atoms with van der Waals surface area (Å²) in [6.07, 6.45) is 10.1. The molecule has 1 nitrogen and oxygen atoms in total. The van der Waals surface area contributed by atoms with E-state index in [1.165, 1.54) is 58.0 Å². The fourth-order valence-electron chi connectivity index (χ4n) is 3.82. The standard InChI is InChI=1S/C14H27N/c1-13(2,3)12-14(8-4-5-9-14)15-10-6-7-11-15/h4-12H2,1-3H3. The second-order valence-electron chi connectivity index (χ2n) is 6.86. The van der Waals surface area contributed by atoms with Gasteiger partial charge in [-0.05, 0) is 50.6 Å². The SMILES string of the molecule is CC(C)(C)CC1(N2CCCC2)CCCC1. The van der Waals surface area contributed by atoms with Crippen LogP contribution in [0, 0.1) is 5.41 Å². The van der Waals surface area contributed by atoms with Crippen molar-refractivity contribution in [2.24, 2.45) is 5.41 Å². The lowest BCUT2D eigenvalue weighted by Crippen LogP contribution is -2.47. The topological polar surface area (TPSA) is 3.24 Å². The van der Waals surface area contributed by atoms with Gasteiger partial charge in [-0.15, -0.1) is 0 Å². The number of hydrogen-bond acceptors (Lipinski definition) is 1. The molecule has 15 heavy (non-hydrogen) atoms. The first-order valence-electron chi connectivity index (χ1n) is 6.77. The predicted octanol–water partition coefficient (Wildman–Crippen LogP) is 3.83. The van der Waals surface area contributed by atoms with Crippen molar-refractivity contribution in [1.82, 2.24) is 4.90 Å². The Bertz CT molecular complexity index is 202. The van der Waals surface area contributed by atoms with E-state index in [9.17, 15) is 0 Å². The van der Waals surface area contributed by atoms with Gasteiger partial charge in [0.05, 0.1) is 0 Å². The Morgan fingerprint density at radius 2 is 1.47 bits per heavy atom. The Kier molecular flexibility index (Phi) is 3.12. The Balaban J connectivity index is 2.09. The summed E-state index contributed by atoms with van der Waals surface area (Å²) in [6, 6.07) is 0. The van der Waals surface area contributed by atoms with Gasteiger partial charge in [0, 0.05) is 5.54 Å². The minimum absolute atomic E-state index is 0.493. The van der Waals surface area contributed by atoms with Crippen LogP contribution in [-0.4, -0.2) is 23.5 Å². The highest BCUT2D eigenvalue weighted by atomic mass is 15.2. The molecule has 0 spiro atoms. The normalized spacial score (nSPS) is 27.4. The fraction of sp³-hybridized carbons (Fsp3) is 1.00. The van der Waals surface area contributed by atoms with E-state index >= 15 is 0 Å². The highest BCUT2D eigenvalue weighted by molar-refractivity contribution is 4.98. The van der Waals surface area contributed by atoms with Gasteiger partial charge in [0.2, 0.25) is 0 Å². The molecule has 1 saturated carbocycles. The van der Waals surface area contributed by atoms with E-state index in [0.717, 1.165) is 0 Å². The van der Waals surface area contributed by atoms with Gasteiger partial charge in [0.25, 0.3) is 0 Å². The third-order valence-electron chi connectivity index (χ3n) is 4.17. The summed E-state index contributed by atoms with van der Waals surface area (Å²) in [5.41, 5.74) is 1.08. The third kappa shape index (κ3) is 2.55. The van der Waals surface area contributed by atoms with Crippen LogP contribution in [0.1, 0.15) is 65.7 Å². The third-order valence-corrected chi connectivity index (χ3v) is 4.17. The van der Waals surface area contributed by atoms with E-state index in [4.69, 9.17) is 0 Å². The first-order chi connectivity index (χ1) is 7.02. The van der Waals surface area contributed by atoms with Gasteiger partial charge < -0.3 is 0 Å². The van der Waals surface area contributed by atoms with Crippen molar-refractivity contribution in [2.45, 2.75) is 71.3 Å². The molecule has 1 heterocycles. The molecule has 1 aliphatic carbocycles. The molecule has 2 fully saturated rings. The Morgan fingerprint density at radius 1 is 0.933 bits per heavy atom. The Hall–Kier alpha value is -0.0400. The number of hydrogen-bond donors (Lipinski definition) is 0. The molecule has 88 valence electrons. The van der Waals surface area contributed by atoms with E-state index in [-0.39, 0.29) is 0 Å². The Morgan fingerprint density at radius 3 is 1.93 bits per heavy atom. The maximum Gasteiger partial charge on any atom is 0.0214 e. The van der Waals surface area contributed by atoms with Crippen LogP contribution in [0.15, 0.2) is 0 Å². The summed E-state index contributed by atoms with van der Waals surface area (Å²) in [4.78, 5) is 2.82. The molecule has 0 aromatic carbocycles. The summed E-state index contributed by atoms with van der Waals surface area (Å²) < 4.78 is 0. The number of rotatable bonds is 2. The van der Waals surface area contributed by atoms with Gasteiger partial charge in [0.1, 0.15) is 0 Å². The predicted molar refractivity (Wildman–Crippen MR) is 66.1 cm³/mol. The fourth-order valence-corrected chi connectivity index (χ4v) is 3.82. The molecule has 0 aromatic rings. The zero-order valence-electron chi connectivity index (χ0n) is 10.8. The van der Waals surface area contributed by atoms with Crippen LogP contribution in [0.3, 0.4) is 0 Å². The van der Waals surface area contributed by atoms with Crippen molar-refractivity contribution in [3.8, 4) is 0 Å². The molecular weight excluding hydrogens is 182 g/mol. The molecule has 0 bridgehead atoms. The summed E-state index contributed by atoms with van der Waals surface area (Å²) in [6.45, 7) is 9.96. The number of nitrogens with zero attached hydrogens (tertiary/aromatic N) is 1. The van der Waals surface area contributed by atoms with E-state index in [1.54, 1.807) is 0 Å². The quantitative estimate of drug-likeness (QED) is 0.668. The molecule has 0 atom stereocenters. The zero-order chi connectivity index (χ0) is 10.9. The van der Waals surface area contributed by atoms with Crippen molar-refractivity contribution in [1.29, 1.82) is 0 Å². The van der Waals surface area contributed by atoms with Crippen LogP contribution in [0.5, 0.6) is 0 Å². The zero-order valence-corrected chi connectivity index (χ0v) is 10.8. The molecular formula is C14H27N. The van der Waals surface area contributed by atoms with Crippen LogP contribution in [0.2, 0.25) is 0 Å². The molecule has 2 rings (SSSR count). The van der Waals surface area contributed by atoms with Crippen LogP contribution in [0.25, 0.3) is 0 Å². The van der Waals surface area contributed by atoms with Gasteiger partial charge in [-0.2, -0.15) is 0 Å². The van der Waals surface area contributed by atoms with Gasteiger partial charge in [-0.1, -0.05) is 33.6 Å². The highest BCUT2D eigenvalue weighted by Crippen LogP contribution is 2.44. The molecule has 1 saturated heterocycles. The molecule has 0 amide bonds. The number of likely N-dealkylation sites (tertiary alicyclic amines) is 1. The molecule has 2 aliphatic rings. The van der Waals surface area contributed by atoms with E-state index in [0.29, 0.717) is 11.0 Å². The molecule has 0 radical (unpaired) electrons. The first-order valence-corrected chi connectivity index (χ1v) is 6.77.